The van der Waals surface area contributed by atoms with Crippen LogP contribution in [0.2, 0.25) is 0 Å². The van der Waals surface area contributed by atoms with Crippen LogP contribution in [0.5, 0.6) is 11.5 Å². The standard InChI is InChI=1S/C14H18FNO5S/c1-20-12-4-3-10(7-13(12)21-2)5-6-16-9-11(8-14(16)17)22(15,18)19/h3-4,7,11H,5-6,8-9H2,1-2H3. The summed E-state index contributed by atoms with van der Waals surface area (Å²) < 4.78 is 45.0. The molecule has 8 heteroatoms. The summed E-state index contributed by atoms with van der Waals surface area (Å²) in [4.78, 5) is 13.1. The quantitative estimate of drug-likeness (QED) is 0.731. The van der Waals surface area contributed by atoms with Crippen molar-refractivity contribution in [1.82, 2.24) is 4.90 Å². The Morgan fingerprint density at radius 3 is 2.50 bits per heavy atom. The SMILES string of the molecule is COc1ccc(CCN2CC(S(=O)(=O)F)CC2=O)cc1OC. The lowest BCUT2D eigenvalue weighted by Gasteiger charge is -2.16. The van der Waals surface area contributed by atoms with Crippen molar-refractivity contribution in [2.24, 2.45) is 0 Å². The van der Waals surface area contributed by atoms with Crippen LogP contribution in [0, 0.1) is 0 Å². The topological polar surface area (TPSA) is 72.9 Å². The molecule has 0 N–H and O–H groups in total. The van der Waals surface area contributed by atoms with Gasteiger partial charge in [0.2, 0.25) is 5.91 Å². The van der Waals surface area contributed by atoms with Crippen molar-refractivity contribution in [3.05, 3.63) is 23.8 Å². The highest BCUT2D eigenvalue weighted by atomic mass is 32.3. The lowest BCUT2D eigenvalue weighted by molar-refractivity contribution is -0.127. The van der Waals surface area contributed by atoms with E-state index in [1.807, 2.05) is 6.07 Å². The zero-order chi connectivity index (χ0) is 16.3. The monoisotopic (exact) mass is 331 g/mol. The summed E-state index contributed by atoms with van der Waals surface area (Å²) in [5.74, 6) is 0.843. The Bertz CT molecular complexity index is 661. The molecular formula is C14H18FNO5S. The van der Waals surface area contributed by atoms with Crippen LogP contribution in [0.25, 0.3) is 0 Å². The van der Waals surface area contributed by atoms with Gasteiger partial charge in [-0.25, -0.2) is 0 Å². The molecule has 22 heavy (non-hydrogen) atoms. The number of carbonyl (C=O) groups is 1. The molecule has 1 aromatic rings. The van der Waals surface area contributed by atoms with E-state index < -0.39 is 15.5 Å². The van der Waals surface area contributed by atoms with Gasteiger partial charge >= 0.3 is 10.2 Å². The molecule has 1 aliphatic heterocycles. The van der Waals surface area contributed by atoms with E-state index in [1.54, 1.807) is 12.1 Å². The van der Waals surface area contributed by atoms with Crippen molar-refractivity contribution >= 4 is 16.1 Å². The first-order chi connectivity index (χ1) is 10.3. The third-order valence-electron chi connectivity index (χ3n) is 3.70. The van der Waals surface area contributed by atoms with Crippen LogP contribution in [-0.4, -0.2) is 51.8 Å². The van der Waals surface area contributed by atoms with E-state index >= 15 is 0 Å². The van der Waals surface area contributed by atoms with Gasteiger partial charge in [0.1, 0.15) is 5.25 Å². The third kappa shape index (κ3) is 3.68. The minimum Gasteiger partial charge on any atom is -0.493 e. The summed E-state index contributed by atoms with van der Waals surface area (Å²) in [6, 6.07) is 5.39. The van der Waals surface area contributed by atoms with Gasteiger partial charge in [0.15, 0.2) is 11.5 Å². The second-order valence-corrected chi connectivity index (χ2v) is 6.70. The maximum absolute atomic E-state index is 12.9. The van der Waals surface area contributed by atoms with Gasteiger partial charge < -0.3 is 14.4 Å². The fourth-order valence-corrected chi connectivity index (χ4v) is 3.14. The second kappa shape index (κ2) is 6.51. The molecule has 0 spiro atoms. The lowest BCUT2D eigenvalue weighted by atomic mass is 10.1. The van der Waals surface area contributed by atoms with E-state index in [2.05, 4.69) is 0 Å². The number of halogens is 1. The van der Waals surface area contributed by atoms with Crippen LogP contribution >= 0.6 is 0 Å². The number of hydrogen-bond donors (Lipinski definition) is 0. The van der Waals surface area contributed by atoms with Crippen molar-refractivity contribution in [3.63, 3.8) is 0 Å². The maximum Gasteiger partial charge on any atom is 0.307 e. The van der Waals surface area contributed by atoms with Crippen molar-refractivity contribution in [1.29, 1.82) is 0 Å². The number of likely N-dealkylation sites (tertiary alicyclic amines) is 1. The number of ether oxygens (including phenoxy) is 2. The molecule has 0 radical (unpaired) electrons. The highest BCUT2D eigenvalue weighted by molar-refractivity contribution is 7.87. The number of carbonyl (C=O) groups excluding carboxylic acids is 1. The average molecular weight is 331 g/mol. The van der Waals surface area contributed by atoms with E-state index in [0.29, 0.717) is 24.5 Å². The Kier molecular flexibility index (Phi) is 4.90. The van der Waals surface area contributed by atoms with Crippen molar-refractivity contribution < 1.29 is 26.6 Å². The number of benzene rings is 1. The molecule has 6 nitrogen and oxygen atoms in total. The van der Waals surface area contributed by atoms with E-state index in [4.69, 9.17) is 9.47 Å². The van der Waals surface area contributed by atoms with Gasteiger partial charge in [-0.1, -0.05) is 6.07 Å². The minimum absolute atomic E-state index is 0.0923. The summed E-state index contributed by atoms with van der Waals surface area (Å²) in [7, 11) is -1.60. The molecular weight excluding hydrogens is 313 g/mol. The first kappa shape index (κ1) is 16.5. The molecule has 0 bridgehead atoms. The van der Waals surface area contributed by atoms with E-state index in [-0.39, 0.29) is 18.9 Å². The van der Waals surface area contributed by atoms with Gasteiger partial charge in [0, 0.05) is 19.5 Å². The van der Waals surface area contributed by atoms with Crippen LogP contribution < -0.4 is 9.47 Å². The van der Waals surface area contributed by atoms with Gasteiger partial charge in [0.25, 0.3) is 0 Å². The molecule has 1 heterocycles. The highest BCUT2D eigenvalue weighted by Crippen LogP contribution is 2.28. The smallest absolute Gasteiger partial charge is 0.307 e. The summed E-state index contributed by atoms with van der Waals surface area (Å²) in [5, 5.41) is -1.24. The number of nitrogens with zero attached hydrogens (tertiary/aromatic N) is 1. The predicted molar refractivity (Wildman–Crippen MR) is 78.3 cm³/mol. The Morgan fingerprint density at radius 1 is 1.27 bits per heavy atom. The molecule has 1 aromatic carbocycles. The Hall–Kier alpha value is -1.83. The zero-order valence-electron chi connectivity index (χ0n) is 12.4. The van der Waals surface area contributed by atoms with Crippen LogP contribution in [0.15, 0.2) is 18.2 Å². The zero-order valence-corrected chi connectivity index (χ0v) is 13.2. The van der Waals surface area contributed by atoms with Crippen LogP contribution in [-0.2, 0) is 21.4 Å². The molecule has 1 unspecified atom stereocenters. The molecule has 1 fully saturated rings. The molecule has 1 atom stereocenters. The molecule has 0 aromatic heterocycles. The molecule has 0 saturated carbocycles. The van der Waals surface area contributed by atoms with Crippen molar-refractivity contribution in [2.75, 3.05) is 27.3 Å². The number of hydrogen-bond acceptors (Lipinski definition) is 5. The van der Waals surface area contributed by atoms with Crippen molar-refractivity contribution in [3.8, 4) is 11.5 Å². The largest absolute Gasteiger partial charge is 0.493 e. The van der Waals surface area contributed by atoms with Gasteiger partial charge in [-0.3, -0.25) is 4.79 Å². The highest BCUT2D eigenvalue weighted by Gasteiger charge is 2.38. The normalized spacial score (nSPS) is 18.6. The molecule has 2 rings (SSSR count). The summed E-state index contributed by atoms with van der Waals surface area (Å²) >= 11 is 0. The minimum atomic E-state index is -4.67. The molecule has 122 valence electrons. The van der Waals surface area contributed by atoms with Gasteiger partial charge in [0.05, 0.1) is 14.2 Å². The lowest BCUT2D eigenvalue weighted by Crippen LogP contribution is -2.29. The Morgan fingerprint density at radius 2 is 1.95 bits per heavy atom. The van der Waals surface area contributed by atoms with Crippen LogP contribution in [0.4, 0.5) is 3.89 Å². The van der Waals surface area contributed by atoms with Crippen molar-refractivity contribution in [2.45, 2.75) is 18.1 Å². The predicted octanol–water partition coefficient (Wildman–Crippen LogP) is 1.15. The number of rotatable bonds is 6. The summed E-state index contributed by atoms with van der Waals surface area (Å²) in [6.45, 7) is 0.241. The second-order valence-electron chi connectivity index (χ2n) is 5.08. The summed E-state index contributed by atoms with van der Waals surface area (Å²) in [6.07, 6.45) is 0.232. The number of methoxy groups -OCH3 is 2. The molecule has 1 aliphatic rings. The molecule has 0 aliphatic carbocycles. The molecule has 1 amide bonds. The molecule has 1 saturated heterocycles. The van der Waals surface area contributed by atoms with E-state index in [9.17, 15) is 17.1 Å². The van der Waals surface area contributed by atoms with Gasteiger partial charge in [-0.2, -0.15) is 8.42 Å². The summed E-state index contributed by atoms with van der Waals surface area (Å²) in [5.41, 5.74) is 0.914. The first-order valence-electron chi connectivity index (χ1n) is 6.77. The number of amides is 1. The van der Waals surface area contributed by atoms with Gasteiger partial charge in [-0.15, -0.1) is 3.89 Å². The first-order valence-corrected chi connectivity index (χ1v) is 8.22. The van der Waals surface area contributed by atoms with E-state index in [1.165, 1.54) is 19.1 Å². The maximum atomic E-state index is 12.9. The van der Waals surface area contributed by atoms with Gasteiger partial charge in [-0.05, 0) is 24.1 Å². The fraction of sp³-hybridized carbons (Fsp3) is 0.500. The average Bonchev–Trinajstić information content (AvgIpc) is 2.86. The van der Waals surface area contributed by atoms with E-state index in [0.717, 1.165) is 5.56 Å². The Balaban J connectivity index is 2.00. The van der Waals surface area contributed by atoms with Crippen LogP contribution in [0.3, 0.4) is 0 Å². The Labute approximate surface area is 129 Å². The fourth-order valence-electron chi connectivity index (χ4n) is 2.44. The third-order valence-corrected chi connectivity index (χ3v) is 4.81. The van der Waals surface area contributed by atoms with Crippen LogP contribution in [0.1, 0.15) is 12.0 Å².